The maximum Gasteiger partial charge on any atom is 0.371 e. The van der Waals surface area contributed by atoms with Crippen LogP contribution in [0.3, 0.4) is 0 Å². The number of aromatic carboxylic acids is 1. The van der Waals surface area contributed by atoms with Crippen molar-refractivity contribution in [3.8, 4) is 0 Å². The Hall–Kier alpha value is -2.30. The summed E-state index contributed by atoms with van der Waals surface area (Å²) in [5.74, 6) is -1.19. The summed E-state index contributed by atoms with van der Waals surface area (Å²) in [6, 6.07) is 7.68. The Kier molecular flexibility index (Phi) is 3.55. The van der Waals surface area contributed by atoms with Crippen LogP contribution in [0.4, 0.5) is 10.3 Å². The zero-order chi connectivity index (χ0) is 14.0. The van der Waals surface area contributed by atoms with Crippen LogP contribution in [-0.2, 0) is 0 Å². The second-order valence-corrected chi connectivity index (χ2v) is 4.34. The van der Waals surface area contributed by atoms with Crippen LogP contribution < -0.4 is 5.32 Å². The van der Waals surface area contributed by atoms with E-state index in [2.05, 4.69) is 5.32 Å². The predicted octanol–water partition coefficient (Wildman–Crippen LogP) is 3.60. The van der Waals surface area contributed by atoms with Crippen molar-refractivity contribution in [1.82, 2.24) is 0 Å². The highest BCUT2D eigenvalue weighted by molar-refractivity contribution is 5.84. The van der Waals surface area contributed by atoms with Crippen molar-refractivity contribution >= 4 is 11.9 Å². The topological polar surface area (TPSA) is 62.5 Å². The van der Waals surface area contributed by atoms with E-state index in [9.17, 15) is 9.18 Å². The van der Waals surface area contributed by atoms with Crippen LogP contribution in [-0.4, -0.2) is 11.1 Å². The zero-order valence-corrected chi connectivity index (χ0v) is 10.6. The molecule has 0 spiro atoms. The summed E-state index contributed by atoms with van der Waals surface area (Å²) in [5.41, 5.74) is 1.35. The normalized spacial score (nSPS) is 12.2. The van der Waals surface area contributed by atoms with E-state index >= 15 is 0 Å². The van der Waals surface area contributed by atoms with Crippen molar-refractivity contribution < 1.29 is 18.7 Å². The molecule has 0 bridgehead atoms. The fraction of sp³-hybridized carbons (Fsp3) is 0.214. The van der Waals surface area contributed by atoms with Crippen molar-refractivity contribution in [3.05, 3.63) is 53.0 Å². The number of hydrogen-bond donors (Lipinski definition) is 2. The molecule has 0 saturated carbocycles. The van der Waals surface area contributed by atoms with Gasteiger partial charge in [-0.25, -0.2) is 9.18 Å². The van der Waals surface area contributed by atoms with Gasteiger partial charge in [0.1, 0.15) is 5.82 Å². The predicted molar refractivity (Wildman–Crippen MR) is 68.8 cm³/mol. The van der Waals surface area contributed by atoms with Crippen LogP contribution in [0.15, 0.2) is 34.7 Å². The fourth-order valence-electron chi connectivity index (χ4n) is 1.71. The van der Waals surface area contributed by atoms with E-state index in [1.54, 1.807) is 13.0 Å². The van der Waals surface area contributed by atoms with Crippen molar-refractivity contribution in [2.45, 2.75) is 19.9 Å². The lowest BCUT2D eigenvalue weighted by Gasteiger charge is -2.14. The number of aryl methyl sites for hydroxylation is 1. The molecule has 1 heterocycles. The lowest BCUT2D eigenvalue weighted by atomic mass is 10.1. The first-order valence-corrected chi connectivity index (χ1v) is 5.83. The van der Waals surface area contributed by atoms with Gasteiger partial charge in [-0.2, -0.15) is 0 Å². The fourth-order valence-corrected chi connectivity index (χ4v) is 1.71. The molecule has 1 aromatic carbocycles. The van der Waals surface area contributed by atoms with E-state index in [1.165, 1.54) is 18.2 Å². The smallest absolute Gasteiger partial charge is 0.371 e. The average molecular weight is 263 g/mol. The highest BCUT2D eigenvalue weighted by Crippen LogP contribution is 2.22. The first-order valence-electron chi connectivity index (χ1n) is 5.83. The van der Waals surface area contributed by atoms with Crippen LogP contribution in [0.1, 0.15) is 34.6 Å². The first kappa shape index (κ1) is 13.1. The third-order valence-corrected chi connectivity index (χ3v) is 2.87. The molecule has 0 amide bonds. The lowest BCUT2D eigenvalue weighted by molar-refractivity contribution is 0.0663. The van der Waals surface area contributed by atoms with Gasteiger partial charge in [0.15, 0.2) is 5.88 Å². The summed E-state index contributed by atoms with van der Waals surface area (Å²) < 4.78 is 18.5. The lowest BCUT2D eigenvalue weighted by Crippen LogP contribution is -2.06. The van der Waals surface area contributed by atoms with Crippen LogP contribution in [0.25, 0.3) is 0 Å². The van der Waals surface area contributed by atoms with Gasteiger partial charge in [-0.3, -0.25) is 0 Å². The number of furan rings is 1. The second kappa shape index (κ2) is 5.14. The zero-order valence-electron chi connectivity index (χ0n) is 10.6. The van der Waals surface area contributed by atoms with Gasteiger partial charge in [0.25, 0.3) is 0 Å². The molecule has 4 nitrogen and oxygen atoms in total. The molecule has 1 unspecified atom stereocenters. The number of anilines is 1. The standard InChI is InChI=1S/C14H14FNO3/c1-8-3-4-10(7-11(8)15)9(2)16-13-6-5-12(19-13)14(17)18/h3-7,9,16H,1-2H3,(H,17,18). The first-order chi connectivity index (χ1) is 8.97. The molecule has 0 fully saturated rings. The minimum Gasteiger partial charge on any atom is -0.475 e. The van der Waals surface area contributed by atoms with Crippen molar-refractivity contribution in [1.29, 1.82) is 0 Å². The number of carboxylic acid groups (broad SMARTS) is 1. The van der Waals surface area contributed by atoms with Crippen LogP contribution in [0, 0.1) is 12.7 Å². The maximum absolute atomic E-state index is 13.5. The number of carbonyl (C=O) groups is 1. The molecule has 0 aliphatic heterocycles. The molecule has 2 aromatic rings. The molecule has 1 aromatic heterocycles. The Morgan fingerprint density at radius 3 is 2.68 bits per heavy atom. The third-order valence-electron chi connectivity index (χ3n) is 2.87. The number of carboxylic acids is 1. The van der Waals surface area contributed by atoms with Gasteiger partial charge in [0.05, 0.1) is 6.04 Å². The third kappa shape index (κ3) is 2.93. The molecule has 0 aliphatic rings. The Morgan fingerprint density at radius 1 is 1.37 bits per heavy atom. The van der Waals surface area contributed by atoms with Crippen molar-refractivity contribution in [2.75, 3.05) is 5.32 Å². The van der Waals surface area contributed by atoms with Crippen LogP contribution >= 0.6 is 0 Å². The van der Waals surface area contributed by atoms with Gasteiger partial charge in [-0.1, -0.05) is 12.1 Å². The van der Waals surface area contributed by atoms with Gasteiger partial charge < -0.3 is 14.8 Å². The summed E-state index contributed by atoms with van der Waals surface area (Å²) in [6.45, 7) is 3.54. The molecule has 100 valence electrons. The van der Waals surface area contributed by atoms with Crippen LogP contribution in [0.5, 0.6) is 0 Å². The van der Waals surface area contributed by atoms with Crippen LogP contribution in [0.2, 0.25) is 0 Å². The molecule has 0 saturated heterocycles. The molecule has 1 atom stereocenters. The van der Waals surface area contributed by atoms with Crippen molar-refractivity contribution in [3.63, 3.8) is 0 Å². The van der Waals surface area contributed by atoms with Gasteiger partial charge >= 0.3 is 5.97 Å². The Balaban J connectivity index is 2.13. The molecular weight excluding hydrogens is 249 g/mol. The van der Waals surface area contributed by atoms with E-state index in [0.29, 0.717) is 11.4 Å². The average Bonchev–Trinajstić information content (AvgIpc) is 2.81. The molecule has 19 heavy (non-hydrogen) atoms. The van der Waals surface area contributed by atoms with E-state index in [0.717, 1.165) is 5.56 Å². The molecule has 0 radical (unpaired) electrons. The van der Waals surface area contributed by atoms with Gasteiger partial charge in [-0.05, 0) is 37.1 Å². The molecule has 5 heteroatoms. The second-order valence-electron chi connectivity index (χ2n) is 4.34. The molecule has 2 N–H and O–H groups in total. The largest absolute Gasteiger partial charge is 0.475 e. The van der Waals surface area contributed by atoms with Gasteiger partial charge in [0.2, 0.25) is 5.76 Å². The summed E-state index contributed by atoms with van der Waals surface area (Å²) in [7, 11) is 0. The molecular formula is C14H14FNO3. The van der Waals surface area contributed by atoms with Gasteiger partial charge in [0, 0.05) is 6.07 Å². The highest BCUT2D eigenvalue weighted by Gasteiger charge is 2.12. The summed E-state index contributed by atoms with van der Waals surface area (Å²) in [5, 5.41) is 11.7. The minimum absolute atomic E-state index is 0.134. The Bertz CT molecular complexity index is 606. The number of hydrogen-bond acceptors (Lipinski definition) is 3. The quantitative estimate of drug-likeness (QED) is 0.884. The van der Waals surface area contributed by atoms with E-state index in [4.69, 9.17) is 9.52 Å². The van der Waals surface area contributed by atoms with E-state index in [1.807, 2.05) is 13.0 Å². The highest BCUT2D eigenvalue weighted by atomic mass is 19.1. The van der Waals surface area contributed by atoms with Gasteiger partial charge in [-0.15, -0.1) is 0 Å². The molecule has 2 rings (SSSR count). The Labute approximate surface area is 109 Å². The van der Waals surface area contributed by atoms with E-state index < -0.39 is 5.97 Å². The number of nitrogens with one attached hydrogen (secondary N) is 1. The van der Waals surface area contributed by atoms with Crippen molar-refractivity contribution in [2.24, 2.45) is 0 Å². The number of halogens is 1. The summed E-state index contributed by atoms with van der Waals surface area (Å²) in [6.07, 6.45) is 0. The number of benzene rings is 1. The Morgan fingerprint density at radius 2 is 2.11 bits per heavy atom. The maximum atomic E-state index is 13.5. The van der Waals surface area contributed by atoms with E-state index in [-0.39, 0.29) is 17.6 Å². The summed E-state index contributed by atoms with van der Waals surface area (Å²) >= 11 is 0. The monoisotopic (exact) mass is 263 g/mol. The minimum atomic E-state index is -1.12. The molecule has 0 aliphatic carbocycles. The SMILES string of the molecule is Cc1ccc(C(C)Nc2ccc(C(=O)O)o2)cc1F. The summed E-state index contributed by atoms with van der Waals surface area (Å²) in [4.78, 5) is 10.7. The number of rotatable bonds is 4.